The summed E-state index contributed by atoms with van der Waals surface area (Å²) in [6.45, 7) is 4.27. The highest BCUT2D eigenvalue weighted by Gasteiger charge is 2.30. The standard InChI is InChI=1S/C20H24N4.C4H6O6/c1-3-20(21,4-2)14-7-9-17(22-11-14)15-8-10-18-16(12-23-24-18)19(15)13-5-6-13;5-1(3(7)8)2(6)4(9)10/h7-13H,3-6,21H2,1-2H3,(H,23,24);1-2,5-6H,(H,7,8)(H,9,10)/t;1-,2-/m.1/s1. The minimum atomic E-state index is -2.27. The molecule has 0 amide bonds. The van der Waals surface area contributed by atoms with Crippen LogP contribution in [0.2, 0.25) is 0 Å². The lowest BCUT2D eigenvalue weighted by Crippen LogP contribution is -2.39. The molecule has 3 aromatic rings. The zero-order valence-corrected chi connectivity index (χ0v) is 19.1. The van der Waals surface area contributed by atoms with Crippen molar-refractivity contribution in [2.24, 2.45) is 5.73 Å². The van der Waals surface area contributed by atoms with Crippen LogP contribution in [-0.4, -0.2) is 59.8 Å². The Morgan fingerprint density at radius 1 is 1.06 bits per heavy atom. The van der Waals surface area contributed by atoms with E-state index in [0.29, 0.717) is 5.92 Å². The molecule has 2 atom stereocenters. The SMILES string of the molecule is CCC(N)(CC)c1ccc(-c2ccc3[nH]ncc3c2C2CC2)nc1.O=C(O)[C@H](O)[C@@H](O)C(=O)O. The number of aliphatic carboxylic acids is 2. The van der Waals surface area contributed by atoms with Crippen LogP contribution in [0.3, 0.4) is 0 Å². The number of nitrogens with one attached hydrogen (secondary N) is 1. The van der Waals surface area contributed by atoms with E-state index in [1.54, 1.807) is 0 Å². The number of H-pyrrole nitrogens is 1. The fourth-order valence-electron chi connectivity index (χ4n) is 3.85. The molecule has 0 radical (unpaired) electrons. The highest BCUT2D eigenvalue weighted by atomic mass is 16.4. The number of carboxylic acid groups (broad SMARTS) is 2. The van der Waals surface area contributed by atoms with Gasteiger partial charge >= 0.3 is 11.9 Å². The first-order valence-corrected chi connectivity index (χ1v) is 11.2. The molecule has 0 saturated heterocycles. The molecule has 1 fully saturated rings. The van der Waals surface area contributed by atoms with Crippen LogP contribution in [-0.2, 0) is 15.1 Å². The zero-order chi connectivity index (χ0) is 25.0. The molecule has 10 heteroatoms. The van der Waals surface area contributed by atoms with Crippen molar-refractivity contribution in [2.75, 3.05) is 0 Å². The minimum Gasteiger partial charge on any atom is -0.479 e. The van der Waals surface area contributed by atoms with Gasteiger partial charge in [-0.2, -0.15) is 5.10 Å². The number of hydrogen-bond acceptors (Lipinski definition) is 7. The van der Waals surface area contributed by atoms with E-state index < -0.39 is 24.1 Å². The van der Waals surface area contributed by atoms with Gasteiger partial charge in [-0.15, -0.1) is 0 Å². The van der Waals surface area contributed by atoms with Gasteiger partial charge in [0.05, 0.1) is 17.4 Å². The van der Waals surface area contributed by atoms with E-state index >= 15 is 0 Å². The van der Waals surface area contributed by atoms with Crippen molar-refractivity contribution < 1.29 is 30.0 Å². The molecule has 0 bridgehead atoms. The van der Waals surface area contributed by atoms with Gasteiger partial charge in [0.2, 0.25) is 0 Å². The van der Waals surface area contributed by atoms with Crippen LogP contribution in [0.15, 0.2) is 36.7 Å². The van der Waals surface area contributed by atoms with E-state index in [9.17, 15) is 9.59 Å². The summed E-state index contributed by atoms with van der Waals surface area (Å²) >= 11 is 0. The number of carboxylic acids is 2. The van der Waals surface area contributed by atoms with Gasteiger partial charge in [-0.25, -0.2) is 9.59 Å². The van der Waals surface area contributed by atoms with Crippen LogP contribution < -0.4 is 5.73 Å². The summed E-state index contributed by atoms with van der Waals surface area (Å²) in [5.41, 5.74) is 12.1. The maximum absolute atomic E-state index is 9.77. The third-order valence-corrected chi connectivity index (χ3v) is 6.33. The fourth-order valence-corrected chi connectivity index (χ4v) is 3.85. The van der Waals surface area contributed by atoms with Crippen molar-refractivity contribution in [3.8, 4) is 11.3 Å². The number of nitrogens with zero attached hydrogens (tertiary/aromatic N) is 2. The third kappa shape index (κ3) is 5.24. The first-order chi connectivity index (χ1) is 16.1. The number of aliphatic hydroxyl groups is 2. The second kappa shape index (κ2) is 10.3. The zero-order valence-electron chi connectivity index (χ0n) is 19.1. The molecule has 1 aliphatic rings. The predicted molar refractivity (Wildman–Crippen MR) is 125 cm³/mol. The molecule has 1 aliphatic carbocycles. The molecule has 1 saturated carbocycles. The van der Waals surface area contributed by atoms with E-state index in [2.05, 4.69) is 48.3 Å². The van der Waals surface area contributed by atoms with Gasteiger partial charge in [-0.1, -0.05) is 26.0 Å². The summed E-state index contributed by atoms with van der Waals surface area (Å²) in [5.74, 6) is -2.90. The summed E-state index contributed by atoms with van der Waals surface area (Å²) < 4.78 is 0. The highest BCUT2D eigenvalue weighted by Crippen LogP contribution is 2.47. The number of benzene rings is 1. The highest BCUT2D eigenvalue weighted by molar-refractivity contribution is 5.89. The number of aliphatic hydroxyl groups excluding tert-OH is 2. The molecule has 34 heavy (non-hydrogen) atoms. The molecule has 1 aromatic carbocycles. The van der Waals surface area contributed by atoms with Gasteiger partial charge in [-0.05, 0) is 54.9 Å². The van der Waals surface area contributed by atoms with Crippen molar-refractivity contribution in [1.29, 1.82) is 0 Å². The molecular weight excluding hydrogens is 440 g/mol. The Morgan fingerprint density at radius 2 is 1.68 bits per heavy atom. The second-order valence-electron chi connectivity index (χ2n) is 8.49. The van der Waals surface area contributed by atoms with Crippen molar-refractivity contribution in [1.82, 2.24) is 15.2 Å². The lowest BCUT2D eigenvalue weighted by molar-refractivity contribution is -0.165. The van der Waals surface area contributed by atoms with Crippen LogP contribution >= 0.6 is 0 Å². The van der Waals surface area contributed by atoms with Gasteiger partial charge in [0.15, 0.2) is 12.2 Å². The summed E-state index contributed by atoms with van der Waals surface area (Å²) in [6, 6.07) is 8.54. The molecule has 10 nitrogen and oxygen atoms in total. The van der Waals surface area contributed by atoms with Crippen molar-refractivity contribution in [3.05, 3.63) is 47.8 Å². The number of nitrogens with two attached hydrogens (primary N) is 1. The predicted octanol–water partition coefficient (Wildman–Crippen LogP) is 2.35. The van der Waals surface area contributed by atoms with E-state index in [-0.39, 0.29) is 5.54 Å². The molecule has 2 heterocycles. The van der Waals surface area contributed by atoms with Gasteiger partial charge in [0, 0.05) is 22.7 Å². The number of fused-ring (bicyclic) bond motifs is 1. The van der Waals surface area contributed by atoms with E-state index in [4.69, 9.17) is 31.1 Å². The Balaban J connectivity index is 0.000000277. The molecule has 4 rings (SSSR count). The summed E-state index contributed by atoms with van der Waals surface area (Å²) in [7, 11) is 0. The van der Waals surface area contributed by atoms with Crippen molar-refractivity contribution in [3.63, 3.8) is 0 Å². The average molecular weight is 471 g/mol. The summed E-state index contributed by atoms with van der Waals surface area (Å²) in [6.07, 6.45) is 3.71. The lowest BCUT2D eigenvalue weighted by atomic mass is 9.86. The Bertz CT molecular complexity index is 1130. The van der Waals surface area contributed by atoms with Crippen LogP contribution in [0.4, 0.5) is 0 Å². The maximum atomic E-state index is 9.77. The first-order valence-electron chi connectivity index (χ1n) is 11.2. The Labute approximate surface area is 196 Å². The summed E-state index contributed by atoms with van der Waals surface area (Å²) in [5, 5.41) is 41.1. The molecule has 2 aromatic heterocycles. The van der Waals surface area contributed by atoms with Crippen molar-refractivity contribution >= 4 is 22.8 Å². The number of pyridine rings is 1. The average Bonchev–Trinajstić information content (AvgIpc) is 3.57. The van der Waals surface area contributed by atoms with Gasteiger partial charge in [0.1, 0.15) is 0 Å². The van der Waals surface area contributed by atoms with E-state index in [1.807, 2.05) is 12.4 Å². The van der Waals surface area contributed by atoms with Gasteiger partial charge < -0.3 is 26.2 Å². The maximum Gasteiger partial charge on any atom is 0.335 e. The third-order valence-electron chi connectivity index (χ3n) is 6.33. The number of carbonyl (C=O) groups is 2. The summed E-state index contributed by atoms with van der Waals surface area (Å²) in [4.78, 5) is 24.3. The normalized spacial score (nSPS) is 15.3. The number of rotatable bonds is 8. The smallest absolute Gasteiger partial charge is 0.335 e. The molecule has 0 unspecified atom stereocenters. The van der Waals surface area contributed by atoms with E-state index in [0.717, 1.165) is 29.6 Å². The molecule has 7 N–H and O–H groups in total. The van der Waals surface area contributed by atoms with Gasteiger partial charge in [-0.3, -0.25) is 10.1 Å². The minimum absolute atomic E-state index is 0.278. The topological polar surface area (TPSA) is 183 Å². The monoisotopic (exact) mass is 470 g/mol. The lowest BCUT2D eigenvalue weighted by Gasteiger charge is -2.27. The van der Waals surface area contributed by atoms with Crippen LogP contribution in [0.1, 0.15) is 56.6 Å². The van der Waals surface area contributed by atoms with Gasteiger partial charge in [0.25, 0.3) is 0 Å². The molecule has 0 aliphatic heterocycles. The Morgan fingerprint density at radius 3 is 2.15 bits per heavy atom. The fraction of sp³-hybridized carbons (Fsp3) is 0.417. The Hall–Kier alpha value is -3.34. The van der Waals surface area contributed by atoms with Crippen LogP contribution in [0.25, 0.3) is 22.2 Å². The quantitative estimate of drug-likeness (QED) is 0.288. The number of aromatic amines is 1. The molecule has 182 valence electrons. The second-order valence-corrected chi connectivity index (χ2v) is 8.49. The first kappa shape index (κ1) is 25.3. The molecule has 0 spiro atoms. The van der Waals surface area contributed by atoms with Crippen LogP contribution in [0, 0.1) is 0 Å². The largest absolute Gasteiger partial charge is 0.479 e. The molecular formula is C24H30N4O6. The van der Waals surface area contributed by atoms with Crippen molar-refractivity contribution in [2.45, 2.75) is 63.2 Å². The Kier molecular flexibility index (Phi) is 7.65. The number of aromatic nitrogens is 3. The van der Waals surface area contributed by atoms with Crippen LogP contribution in [0.5, 0.6) is 0 Å². The number of hydrogen-bond donors (Lipinski definition) is 6. The van der Waals surface area contributed by atoms with E-state index in [1.165, 1.54) is 29.4 Å².